The number of carbonyl (C=O) groups excluding carboxylic acids is 1. The highest BCUT2D eigenvalue weighted by atomic mass is 16.2. The number of benzene rings is 1. The van der Waals surface area contributed by atoms with E-state index in [-0.39, 0.29) is 11.9 Å². The minimum Gasteiger partial charge on any atom is -0.336 e. The Morgan fingerprint density at radius 3 is 2.45 bits per heavy atom. The van der Waals surface area contributed by atoms with Gasteiger partial charge in [-0.1, -0.05) is 17.7 Å². The molecule has 1 unspecified atom stereocenters. The van der Waals surface area contributed by atoms with Crippen LogP contribution in [0.15, 0.2) is 18.2 Å². The highest BCUT2D eigenvalue weighted by Crippen LogP contribution is 2.15. The second kappa shape index (κ2) is 6.06. The number of hydrogen-bond donors (Lipinski definition) is 0. The Labute approximate surface area is 120 Å². The van der Waals surface area contributed by atoms with Crippen molar-refractivity contribution >= 4 is 5.91 Å². The Hall–Kier alpha value is -1.86. The predicted octanol–water partition coefficient (Wildman–Crippen LogP) is 1.97. The van der Waals surface area contributed by atoms with E-state index in [1.807, 2.05) is 43.9 Å². The van der Waals surface area contributed by atoms with Crippen molar-refractivity contribution in [3.8, 4) is 6.07 Å². The maximum atomic E-state index is 12.5. The van der Waals surface area contributed by atoms with Gasteiger partial charge in [-0.25, -0.2) is 0 Å². The lowest BCUT2D eigenvalue weighted by Crippen LogP contribution is -2.51. The minimum atomic E-state index is -0.0756. The Balaban J connectivity index is 2.04. The minimum absolute atomic E-state index is 0.0756. The standard InChI is InChI=1S/C16H21N3O/c1-12-4-5-15(13(2)10-12)16(20)19-8-6-18(7-9-19)14(3)11-17/h4-5,10,14H,6-9H2,1-3H3. The molecule has 1 fully saturated rings. The molecule has 0 aromatic heterocycles. The summed E-state index contributed by atoms with van der Waals surface area (Å²) in [4.78, 5) is 16.5. The van der Waals surface area contributed by atoms with Crippen molar-refractivity contribution in [2.75, 3.05) is 26.2 Å². The molecule has 0 N–H and O–H groups in total. The topological polar surface area (TPSA) is 47.3 Å². The summed E-state index contributed by atoms with van der Waals surface area (Å²) in [5, 5.41) is 8.93. The van der Waals surface area contributed by atoms with Crippen LogP contribution in [-0.2, 0) is 0 Å². The zero-order chi connectivity index (χ0) is 14.7. The molecule has 0 saturated carbocycles. The zero-order valence-electron chi connectivity index (χ0n) is 12.4. The van der Waals surface area contributed by atoms with E-state index in [1.54, 1.807) is 0 Å². The molecule has 1 aromatic rings. The van der Waals surface area contributed by atoms with Gasteiger partial charge in [0.2, 0.25) is 0 Å². The van der Waals surface area contributed by atoms with Gasteiger partial charge in [0.15, 0.2) is 0 Å². The number of amides is 1. The molecule has 0 bridgehead atoms. The summed E-state index contributed by atoms with van der Waals surface area (Å²) < 4.78 is 0. The first-order chi connectivity index (χ1) is 9.52. The highest BCUT2D eigenvalue weighted by Gasteiger charge is 2.25. The SMILES string of the molecule is Cc1ccc(C(=O)N2CCN(C(C)C#N)CC2)c(C)c1. The van der Waals surface area contributed by atoms with Crippen molar-refractivity contribution < 1.29 is 4.79 Å². The number of nitrogens with zero attached hydrogens (tertiary/aromatic N) is 3. The molecule has 20 heavy (non-hydrogen) atoms. The number of hydrogen-bond acceptors (Lipinski definition) is 3. The molecular weight excluding hydrogens is 250 g/mol. The molecular formula is C16H21N3O. The molecule has 0 aliphatic carbocycles. The van der Waals surface area contributed by atoms with Crippen LogP contribution < -0.4 is 0 Å². The fourth-order valence-electron chi connectivity index (χ4n) is 2.62. The summed E-state index contributed by atoms with van der Waals surface area (Å²) in [5.41, 5.74) is 2.99. The first-order valence-electron chi connectivity index (χ1n) is 7.03. The first kappa shape index (κ1) is 14.5. The molecule has 1 amide bonds. The summed E-state index contributed by atoms with van der Waals surface area (Å²) in [7, 11) is 0. The van der Waals surface area contributed by atoms with Gasteiger partial charge in [0.05, 0.1) is 12.1 Å². The number of aryl methyl sites for hydroxylation is 2. The van der Waals surface area contributed by atoms with Crippen molar-refractivity contribution in [2.24, 2.45) is 0 Å². The third kappa shape index (κ3) is 3.00. The molecule has 1 saturated heterocycles. The van der Waals surface area contributed by atoms with Gasteiger partial charge < -0.3 is 4.90 Å². The van der Waals surface area contributed by atoms with E-state index in [1.165, 1.54) is 5.56 Å². The van der Waals surface area contributed by atoms with Crippen LogP contribution >= 0.6 is 0 Å². The van der Waals surface area contributed by atoms with Crippen molar-refractivity contribution in [1.82, 2.24) is 9.80 Å². The fraction of sp³-hybridized carbons (Fsp3) is 0.500. The summed E-state index contributed by atoms with van der Waals surface area (Å²) in [5.74, 6) is 0.103. The molecule has 1 aliphatic heterocycles. The summed E-state index contributed by atoms with van der Waals surface area (Å²) in [6, 6.07) is 8.11. The van der Waals surface area contributed by atoms with Gasteiger partial charge >= 0.3 is 0 Å². The molecule has 4 nitrogen and oxygen atoms in total. The average Bonchev–Trinajstić information content (AvgIpc) is 2.46. The molecule has 4 heteroatoms. The van der Waals surface area contributed by atoms with Crippen LogP contribution in [0.5, 0.6) is 0 Å². The lowest BCUT2D eigenvalue weighted by Gasteiger charge is -2.36. The Morgan fingerprint density at radius 2 is 1.90 bits per heavy atom. The normalized spacial score (nSPS) is 17.6. The van der Waals surface area contributed by atoms with Crippen LogP contribution in [0.4, 0.5) is 0 Å². The molecule has 1 atom stereocenters. The van der Waals surface area contributed by atoms with Crippen LogP contribution in [0.3, 0.4) is 0 Å². The van der Waals surface area contributed by atoms with Gasteiger partial charge in [-0.05, 0) is 32.4 Å². The number of piperazine rings is 1. The van der Waals surface area contributed by atoms with Crippen LogP contribution in [0, 0.1) is 25.2 Å². The van der Waals surface area contributed by atoms with E-state index in [2.05, 4.69) is 11.0 Å². The molecule has 0 radical (unpaired) electrons. The maximum Gasteiger partial charge on any atom is 0.254 e. The van der Waals surface area contributed by atoms with E-state index in [0.717, 1.165) is 24.2 Å². The van der Waals surface area contributed by atoms with Gasteiger partial charge in [-0.3, -0.25) is 9.69 Å². The smallest absolute Gasteiger partial charge is 0.254 e. The summed E-state index contributed by atoms with van der Waals surface area (Å²) >= 11 is 0. The van der Waals surface area contributed by atoms with Crippen LogP contribution in [-0.4, -0.2) is 47.9 Å². The van der Waals surface area contributed by atoms with Crippen molar-refractivity contribution in [3.05, 3.63) is 34.9 Å². The van der Waals surface area contributed by atoms with E-state index in [4.69, 9.17) is 5.26 Å². The summed E-state index contributed by atoms with van der Waals surface area (Å²) in [6.07, 6.45) is 0. The zero-order valence-corrected chi connectivity index (χ0v) is 12.4. The van der Waals surface area contributed by atoms with Gasteiger partial charge in [-0.2, -0.15) is 5.26 Å². The van der Waals surface area contributed by atoms with Crippen molar-refractivity contribution in [2.45, 2.75) is 26.8 Å². The molecule has 2 rings (SSSR count). The van der Waals surface area contributed by atoms with E-state index >= 15 is 0 Å². The monoisotopic (exact) mass is 271 g/mol. The summed E-state index contributed by atoms with van der Waals surface area (Å²) in [6.45, 7) is 8.84. The molecule has 1 aliphatic rings. The van der Waals surface area contributed by atoms with Gasteiger partial charge in [-0.15, -0.1) is 0 Å². The van der Waals surface area contributed by atoms with Gasteiger partial charge in [0.1, 0.15) is 0 Å². The largest absolute Gasteiger partial charge is 0.336 e. The number of rotatable bonds is 2. The Morgan fingerprint density at radius 1 is 1.25 bits per heavy atom. The van der Waals surface area contributed by atoms with Crippen molar-refractivity contribution in [1.29, 1.82) is 5.26 Å². The number of carbonyl (C=O) groups is 1. The van der Waals surface area contributed by atoms with Crippen LogP contribution in [0.25, 0.3) is 0 Å². The lowest BCUT2D eigenvalue weighted by atomic mass is 10.0. The molecule has 106 valence electrons. The highest BCUT2D eigenvalue weighted by molar-refractivity contribution is 5.95. The number of nitriles is 1. The molecule has 1 heterocycles. The van der Waals surface area contributed by atoms with E-state index in [0.29, 0.717) is 13.1 Å². The third-order valence-electron chi connectivity index (χ3n) is 3.95. The third-order valence-corrected chi connectivity index (χ3v) is 3.95. The molecule has 1 aromatic carbocycles. The van der Waals surface area contributed by atoms with Crippen LogP contribution in [0.2, 0.25) is 0 Å². The Kier molecular flexibility index (Phi) is 4.41. The fourth-order valence-corrected chi connectivity index (χ4v) is 2.62. The average molecular weight is 271 g/mol. The van der Waals surface area contributed by atoms with Gasteiger partial charge in [0.25, 0.3) is 5.91 Å². The second-order valence-corrected chi connectivity index (χ2v) is 5.45. The van der Waals surface area contributed by atoms with E-state index < -0.39 is 0 Å². The quantitative estimate of drug-likeness (QED) is 0.826. The second-order valence-electron chi connectivity index (χ2n) is 5.45. The first-order valence-corrected chi connectivity index (χ1v) is 7.03. The van der Waals surface area contributed by atoms with Gasteiger partial charge in [0, 0.05) is 31.7 Å². The Bertz CT molecular complexity index is 539. The van der Waals surface area contributed by atoms with Crippen molar-refractivity contribution in [3.63, 3.8) is 0 Å². The van der Waals surface area contributed by atoms with E-state index in [9.17, 15) is 4.79 Å². The lowest BCUT2D eigenvalue weighted by molar-refractivity contribution is 0.0615. The maximum absolute atomic E-state index is 12.5. The molecule has 0 spiro atoms. The predicted molar refractivity (Wildman–Crippen MR) is 78.5 cm³/mol. The van der Waals surface area contributed by atoms with Crippen LogP contribution in [0.1, 0.15) is 28.4 Å².